The van der Waals surface area contributed by atoms with E-state index in [0.29, 0.717) is 10.8 Å². The number of aromatic nitrogens is 3. The number of H-pyrrole nitrogens is 1. The summed E-state index contributed by atoms with van der Waals surface area (Å²) >= 11 is 1.30. The maximum atomic E-state index is 12.0. The number of nitrogens with zero attached hydrogens (tertiary/aromatic N) is 3. The first-order valence-corrected chi connectivity index (χ1v) is 12.8. The molecule has 190 valence electrons. The van der Waals surface area contributed by atoms with E-state index in [1.165, 1.54) is 11.3 Å². The van der Waals surface area contributed by atoms with Crippen molar-refractivity contribution >= 4 is 28.1 Å². The van der Waals surface area contributed by atoms with Crippen LogP contribution in [0.4, 0.5) is 5.13 Å². The highest BCUT2D eigenvalue weighted by molar-refractivity contribution is 7.14. The van der Waals surface area contributed by atoms with Crippen LogP contribution >= 0.6 is 11.3 Å². The van der Waals surface area contributed by atoms with Gasteiger partial charge in [0, 0.05) is 5.38 Å². The fourth-order valence-corrected chi connectivity index (χ4v) is 5.04. The topological polar surface area (TPSA) is 112 Å². The number of benzene rings is 3. The van der Waals surface area contributed by atoms with Crippen molar-refractivity contribution in [2.75, 3.05) is 5.32 Å². The highest BCUT2D eigenvalue weighted by Gasteiger charge is 2.37. The smallest absolute Gasteiger partial charge is 0.360 e. The van der Waals surface area contributed by atoms with Gasteiger partial charge in [-0.1, -0.05) is 96.2 Å². The first-order chi connectivity index (χ1) is 18.6. The molecule has 3 aromatic carbocycles. The molecular weight excluding hydrogens is 498 g/mol. The zero-order chi connectivity index (χ0) is 26.4. The number of hydrogen-bond donors (Lipinski definition) is 3. The largest absolute Gasteiger partial charge is 0.476 e. The minimum absolute atomic E-state index is 0.0615. The maximum Gasteiger partial charge on any atom is 0.360 e. The molecule has 0 unspecified atom stereocenters. The third-order valence-corrected chi connectivity index (χ3v) is 6.75. The van der Waals surface area contributed by atoms with Crippen LogP contribution < -0.4 is 5.32 Å². The van der Waals surface area contributed by atoms with E-state index in [1.807, 2.05) is 61.5 Å². The van der Waals surface area contributed by atoms with Gasteiger partial charge in [0.15, 0.2) is 11.7 Å². The van der Waals surface area contributed by atoms with Gasteiger partial charge >= 0.3 is 5.97 Å². The van der Waals surface area contributed by atoms with Crippen molar-refractivity contribution in [1.29, 1.82) is 0 Å². The fraction of sp³-hybridized carbons (Fsp3) is 0.103. The molecule has 9 heteroatoms. The summed E-state index contributed by atoms with van der Waals surface area (Å²) in [7, 11) is 0. The third-order valence-electron chi connectivity index (χ3n) is 6.00. The Morgan fingerprint density at radius 2 is 1.53 bits per heavy atom. The molecule has 3 N–H and O–H groups in total. The lowest BCUT2D eigenvalue weighted by molar-refractivity contribution is -0.129. The zero-order valence-electron chi connectivity index (χ0n) is 20.5. The molecule has 2 heterocycles. The molecule has 8 nitrogen and oxygen atoms in total. The SMILES string of the molecule is Cc1ncc(CON=C(C(=O)O)c2csc(NC(c3ccccc3)(c3ccccc3)c3ccccc3)n2)[nH]1. The van der Waals surface area contributed by atoms with Crippen LogP contribution in [-0.4, -0.2) is 31.7 Å². The van der Waals surface area contributed by atoms with Gasteiger partial charge in [-0.25, -0.2) is 14.8 Å². The van der Waals surface area contributed by atoms with Crippen molar-refractivity contribution in [1.82, 2.24) is 15.0 Å². The van der Waals surface area contributed by atoms with Gasteiger partial charge in [-0.15, -0.1) is 11.3 Å². The second kappa shape index (κ2) is 11.1. The Balaban J connectivity index is 1.53. The molecule has 0 spiro atoms. The first kappa shape index (κ1) is 24.9. The number of imidazole rings is 1. The van der Waals surface area contributed by atoms with Gasteiger partial charge in [0.25, 0.3) is 0 Å². The highest BCUT2D eigenvalue weighted by atomic mass is 32.1. The van der Waals surface area contributed by atoms with Crippen LogP contribution in [0.3, 0.4) is 0 Å². The monoisotopic (exact) mass is 523 g/mol. The number of carbonyl (C=O) groups is 1. The van der Waals surface area contributed by atoms with E-state index >= 15 is 0 Å². The van der Waals surface area contributed by atoms with Gasteiger partial charge in [0.05, 0.1) is 11.9 Å². The Kier molecular flexibility index (Phi) is 7.28. The minimum atomic E-state index is -1.23. The van der Waals surface area contributed by atoms with E-state index in [2.05, 4.69) is 61.8 Å². The van der Waals surface area contributed by atoms with Crippen LogP contribution in [0.15, 0.2) is 108 Å². The minimum Gasteiger partial charge on any atom is -0.476 e. The van der Waals surface area contributed by atoms with Crippen LogP contribution in [0.25, 0.3) is 0 Å². The Morgan fingerprint density at radius 1 is 0.974 bits per heavy atom. The molecule has 0 saturated heterocycles. The van der Waals surface area contributed by atoms with Crippen LogP contribution in [0, 0.1) is 6.92 Å². The summed E-state index contributed by atoms with van der Waals surface area (Å²) in [5.41, 5.74) is 2.87. The number of rotatable bonds is 10. The van der Waals surface area contributed by atoms with Crippen molar-refractivity contribution in [2.45, 2.75) is 19.1 Å². The molecule has 0 radical (unpaired) electrons. The second-order valence-corrected chi connectivity index (χ2v) is 9.38. The molecule has 0 fully saturated rings. The lowest BCUT2D eigenvalue weighted by atomic mass is 9.77. The Bertz CT molecular complexity index is 1440. The summed E-state index contributed by atoms with van der Waals surface area (Å²) in [6, 6.07) is 30.3. The summed E-state index contributed by atoms with van der Waals surface area (Å²) in [5.74, 6) is -0.497. The van der Waals surface area contributed by atoms with Gasteiger partial charge in [-0.3, -0.25) is 0 Å². The zero-order valence-corrected chi connectivity index (χ0v) is 21.4. The maximum absolute atomic E-state index is 12.0. The number of oxime groups is 1. The molecule has 0 aliphatic rings. The number of anilines is 1. The van der Waals surface area contributed by atoms with E-state index in [9.17, 15) is 9.90 Å². The molecular formula is C29H25N5O3S. The summed E-state index contributed by atoms with van der Waals surface area (Å²) in [5, 5.41) is 19.5. The number of nitrogens with one attached hydrogen (secondary N) is 2. The molecule has 0 saturated carbocycles. The average Bonchev–Trinajstić information content (AvgIpc) is 3.59. The number of aliphatic carboxylic acids is 1. The summed E-state index contributed by atoms with van der Waals surface area (Å²) in [6.45, 7) is 1.88. The van der Waals surface area contributed by atoms with Crippen LogP contribution in [0.5, 0.6) is 0 Å². The molecule has 0 amide bonds. The molecule has 5 aromatic rings. The number of hydrogen-bond acceptors (Lipinski definition) is 7. The lowest BCUT2D eigenvalue weighted by Crippen LogP contribution is -2.38. The van der Waals surface area contributed by atoms with Gasteiger partial charge in [-0.2, -0.15) is 0 Å². The standard InChI is InChI=1S/C29H25N5O3S/c1-20-30-17-24(31-20)18-37-34-26(27(35)36)25-19-38-28(32-25)33-29(21-11-5-2-6-12-21,22-13-7-3-8-14-22)23-15-9-4-10-16-23/h2-17,19H,18H2,1H3,(H,30,31)(H,32,33)(H,35,36). The summed E-state index contributed by atoms with van der Waals surface area (Å²) in [4.78, 5) is 29.1. The average molecular weight is 524 g/mol. The predicted molar refractivity (Wildman–Crippen MR) is 147 cm³/mol. The second-order valence-electron chi connectivity index (χ2n) is 8.52. The van der Waals surface area contributed by atoms with E-state index in [1.54, 1.807) is 11.6 Å². The van der Waals surface area contributed by atoms with Crippen molar-refractivity contribution in [2.24, 2.45) is 5.16 Å². The van der Waals surface area contributed by atoms with Crippen molar-refractivity contribution in [3.63, 3.8) is 0 Å². The van der Waals surface area contributed by atoms with E-state index in [0.717, 1.165) is 22.5 Å². The summed E-state index contributed by atoms with van der Waals surface area (Å²) in [6.07, 6.45) is 1.62. The van der Waals surface area contributed by atoms with Gasteiger partial charge in [-0.05, 0) is 23.6 Å². The van der Waals surface area contributed by atoms with Crippen LogP contribution in [0.1, 0.15) is 33.9 Å². The van der Waals surface area contributed by atoms with Crippen molar-refractivity contribution < 1.29 is 14.7 Å². The first-order valence-electron chi connectivity index (χ1n) is 11.9. The van der Waals surface area contributed by atoms with Crippen molar-refractivity contribution in [3.8, 4) is 0 Å². The molecule has 0 aliphatic carbocycles. The number of aryl methyl sites for hydroxylation is 1. The molecule has 2 aromatic heterocycles. The van der Waals surface area contributed by atoms with Gasteiger partial charge in [0.1, 0.15) is 17.1 Å². The molecule has 0 bridgehead atoms. The Hall–Kier alpha value is -4.76. The number of carboxylic acid groups (broad SMARTS) is 1. The van der Waals surface area contributed by atoms with Gasteiger partial charge < -0.3 is 20.2 Å². The molecule has 38 heavy (non-hydrogen) atoms. The number of thiazole rings is 1. The Labute approximate surface area is 223 Å². The van der Waals surface area contributed by atoms with Crippen molar-refractivity contribution in [3.05, 3.63) is 136 Å². The van der Waals surface area contributed by atoms with Crippen LogP contribution in [0.2, 0.25) is 0 Å². The highest BCUT2D eigenvalue weighted by Crippen LogP contribution is 2.40. The molecule has 5 rings (SSSR count). The quantitative estimate of drug-likeness (QED) is 0.125. The number of aromatic amines is 1. The van der Waals surface area contributed by atoms with E-state index in [-0.39, 0.29) is 18.0 Å². The normalized spacial score (nSPS) is 11.8. The Morgan fingerprint density at radius 3 is 2.00 bits per heavy atom. The number of carboxylic acids is 1. The summed E-state index contributed by atoms with van der Waals surface area (Å²) < 4.78 is 0. The molecule has 0 atom stereocenters. The van der Waals surface area contributed by atoms with Crippen LogP contribution in [-0.2, 0) is 21.8 Å². The lowest BCUT2D eigenvalue weighted by Gasteiger charge is -2.36. The third kappa shape index (κ3) is 5.18. The van der Waals surface area contributed by atoms with Gasteiger partial charge in [0.2, 0.25) is 5.71 Å². The van der Waals surface area contributed by atoms with E-state index < -0.39 is 11.5 Å². The molecule has 0 aliphatic heterocycles. The fourth-order valence-electron chi connectivity index (χ4n) is 4.29. The predicted octanol–water partition coefficient (Wildman–Crippen LogP) is 5.58. The van der Waals surface area contributed by atoms with E-state index in [4.69, 9.17) is 4.84 Å².